The van der Waals surface area contributed by atoms with Crippen LogP contribution >= 0.6 is 0 Å². The number of hydrogen-bond donors (Lipinski definition) is 2. The Morgan fingerprint density at radius 1 is 1.07 bits per heavy atom. The molecule has 1 saturated heterocycles. The van der Waals surface area contributed by atoms with Crippen LogP contribution < -0.4 is 10.6 Å². The van der Waals surface area contributed by atoms with Gasteiger partial charge in [-0.05, 0) is 49.2 Å². The van der Waals surface area contributed by atoms with Crippen LogP contribution in [0.3, 0.4) is 0 Å². The summed E-state index contributed by atoms with van der Waals surface area (Å²) in [6, 6.07) is 14.0. The van der Waals surface area contributed by atoms with E-state index in [0.717, 1.165) is 11.1 Å². The average molecular weight is 413 g/mol. The van der Waals surface area contributed by atoms with E-state index in [4.69, 9.17) is 4.74 Å². The van der Waals surface area contributed by atoms with Crippen molar-refractivity contribution in [2.75, 3.05) is 20.1 Å². The number of ether oxygens (including phenoxy) is 1. The summed E-state index contributed by atoms with van der Waals surface area (Å²) in [6.07, 6.45) is 0.0978. The molecule has 1 aliphatic rings. The number of rotatable bonds is 5. The number of nitrogens with zero attached hydrogens (tertiary/aromatic N) is 2. The van der Waals surface area contributed by atoms with Crippen molar-refractivity contribution in [3.63, 3.8) is 0 Å². The summed E-state index contributed by atoms with van der Waals surface area (Å²) in [6.45, 7) is 6.23. The Labute approximate surface area is 177 Å². The zero-order valence-electron chi connectivity index (χ0n) is 17.7. The molecule has 1 fully saturated rings. The van der Waals surface area contributed by atoms with E-state index in [-0.39, 0.29) is 23.9 Å². The van der Waals surface area contributed by atoms with Gasteiger partial charge in [-0.2, -0.15) is 0 Å². The number of aliphatic imine (C=N–C) groups is 1. The molecule has 30 heavy (non-hydrogen) atoms. The van der Waals surface area contributed by atoms with E-state index in [1.807, 2.05) is 49.1 Å². The summed E-state index contributed by atoms with van der Waals surface area (Å²) in [5, 5.41) is 6.39. The van der Waals surface area contributed by atoms with Crippen molar-refractivity contribution in [2.45, 2.75) is 39.1 Å². The minimum atomic E-state index is -0.257. The normalized spacial score (nSPS) is 19.5. The van der Waals surface area contributed by atoms with Crippen LogP contribution in [0, 0.1) is 5.82 Å². The van der Waals surface area contributed by atoms with Crippen LogP contribution in [0.1, 0.15) is 35.3 Å². The molecule has 0 bridgehead atoms. The van der Waals surface area contributed by atoms with Gasteiger partial charge < -0.3 is 20.3 Å². The second-order valence-electron chi connectivity index (χ2n) is 7.57. The van der Waals surface area contributed by atoms with Crippen molar-refractivity contribution in [1.82, 2.24) is 15.5 Å². The van der Waals surface area contributed by atoms with Crippen molar-refractivity contribution in [3.8, 4) is 0 Å². The minimum absolute atomic E-state index is 0.0316. The fraction of sp³-hybridized carbons (Fsp3) is 0.391. The molecule has 0 spiro atoms. The zero-order chi connectivity index (χ0) is 21.5. The summed E-state index contributed by atoms with van der Waals surface area (Å²) in [5.41, 5.74) is 2.55. The summed E-state index contributed by atoms with van der Waals surface area (Å²) in [5.74, 6) is 0.396. The lowest BCUT2D eigenvalue weighted by Gasteiger charge is -2.35. The summed E-state index contributed by atoms with van der Waals surface area (Å²) in [7, 11) is 1.69. The number of benzene rings is 2. The van der Waals surface area contributed by atoms with Crippen LogP contribution in [-0.4, -0.2) is 49.1 Å². The van der Waals surface area contributed by atoms with Gasteiger partial charge in [0.25, 0.3) is 5.91 Å². The van der Waals surface area contributed by atoms with Gasteiger partial charge in [0.2, 0.25) is 0 Å². The molecule has 2 aromatic rings. The number of carbonyl (C=O) groups excluding carboxylic acids is 1. The van der Waals surface area contributed by atoms with Gasteiger partial charge >= 0.3 is 0 Å². The SMILES string of the molecule is CN=C(NCc1ccc(C(=O)N2CC(C)OC(C)C2)cc1)NCc1cccc(F)c1. The van der Waals surface area contributed by atoms with Crippen LogP contribution in [-0.2, 0) is 17.8 Å². The minimum Gasteiger partial charge on any atom is -0.372 e. The highest BCUT2D eigenvalue weighted by molar-refractivity contribution is 5.94. The Morgan fingerprint density at radius 2 is 1.70 bits per heavy atom. The molecule has 0 aromatic heterocycles. The van der Waals surface area contributed by atoms with Crippen molar-refractivity contribution in [3.05, 3.63) is 71.0 Å². The predicted molar refractivity (Wildman–Crippen MR) is 116 cm³/mol. The van der Waals surface area contributed by atoms with Gasteiger partial charge in [0.15, 0.2) is 5.96 Å². The summed E-state index contributed by atoms with van der Waals surface area (Å²) in [4.78, 5) is 18.8. The fourth-order valence-electron chi connectivity index (χ4n) is 3.53. The number of nitrogens with one attached hydrogen (secondary N) is 2. The van der Waals surface area contributed by atoms with E-state index >= 15 is 0 Å². The van der Waals surface area contributed by atoms with Crippen LogP contribution in [0.5, 0.6) is 0 Å². The van der Waals surface area contributed by atoms with Crippen LogP contribution in [0.25, 0.3) is 0 Å². The van der Waals surface area contributed by atoms with Crippen molar-refractivity contribution in [1.29, 1.82) is 0 Å². The fourth-order valence-corrected chi connectivity index (χ4v) is 3.53. The first-order chi connectivity index (χ1) is 14.4. The first-order valence-electron chi connectivity index (χ1n) is 10.2. The highest BCUT2D eigenvalue weighted by Crippen LogP contribution is 2.15. The summed E-state index contributed by atoms with van der Waals surface area (Å²) < 4.78 is 19.0. The van der Waals surface area contributed by atoms with E-state index < -0.39 is 0 Å². The van der Waals surface area contributed by atoms with Crippen LogP contribution in [0.4, 0.5) is 4.39 Å². The molecular formula is C23H29FN4O2. The van der Waals surface area contributed by atoms with Crippen molar-refractivity contribution >= 4 is 11.9 Å². The van der Waals surface area contributed by atoms with Crippen molar-refractivity contribution < 1.29 is 13.9 Å². The molecule has 160 valence electrons. The molecule has 0 radical (unpaired) electrons. The lowest BCUT2D eigenvalue weighted by atomic mass is 10.1. The first kappa shape index (κ1) is 21.8. The number of guanidine groups is 1. The van der Waals surface area contributed by atoms with Gasteiger partial charge in [-0.3, -0.25) is 9.79 Å². The third kappa shape index (κ3) is 6.03. The second-order valence-corrected chi connectivity index (χ2v) is 7.57. The monoisotopic (exact) mass is 412 g/mol. The lowest BCUT2D eigenvalue weighted by Crippen LogP contribution is -2.48. The molecule has 1 amide bonds. The average Bonchev–Trinajstić information content (AvgIpc) is 2.73. The van der Waals surface area contributed by atoms with Gasteiger partial charge in [0.05, 0.1) is 12.2 Å². The number of morpholine rings is 1. The molecule has 2 unspecified atom stereocenters. The third-order valence-corrected chi connectivity index (χ3v) is 4.94. The van der Waals surface area contributed by atoms with Gasteiger partial charge in [-0.15, -0.1) is 0 Å². The Kier molecular flexibility index (Phi) is 7.41. The molecule has 1 aliphatic heterocycles. The number of halogens is 1. The Hall–Kier alpha value is -2.93. The number of hydrogen-bond acceptors (Lipinski definition) is 3. The lowest BCUT2D eigenvalue weighted by molar-refractivity contribution is -0.0586. The van der Waals surface area contributed by atoms with E-state index in [1.54, 1.807) is 13.1 Å². The molecule has 2 N–H and O–H groups in total. The van der Waals surface area contributed by atoms with Gasteiger partial charge in [0, 0.05) is 38.8 Å². The maximum atomic E-state index is 13.3. The second kappa shape index (κ2) is 10.2. The van der Waals surface area contributed by atoms with E-state index in [1.165, 1.54) is 12.1 Å². The first-order valence-corrected chi connectivity index (χ1v) is 10.2. The maximum Gasteiger partial charge on any atom is 0.254 e. The molecule has 0 saturated carbocycles. The quantitative estimate of drug-likeness (QED) is 0.585. The number of amides is 1. The highest BCUT2D eigenvalue weighted by Gasteiger charge is 2.26. The molecule has 1 heterocycles. The molecule has 7 heteroatoms. The molecule has 2 atom stereocenters. The van der Waals surface area contributed by atoms with E-state index in [2.05, 4.69) is 15.6 Å². The van der Waals surface area contributed by atoms with Crippen LogP contribution in [0.15, 0.2) is 53.5 Å². The van der Waals surface area contributed by atoms with Crippen molar-refractivity contribution in [2.24, 2.45) is 4.99 Å². The Morgan fingerprint density at radius 3 is 2.30 bits per heavy atom. The van der Waals surface area contributed by atoms with Gasteiger partial charge in [0.1, 0.15) is 5.82 Å². The highest BCUT2D eigenvalue weighted by atomic mass is 19.1. The molecule has 3 rings (SSSR count). The largest absolute Gasteiger partial charge is 0.372 e. The van der Waals surface area contributed by atoms with E-state index in [9.17, 15) is 9.18 Å². The topological polar surface area (TPSA) is 66.0 Å². The van der Waals surface area contributed by atoms with Gasteiger partial charge in [-0.1, -0.05) is 24.3 Å². The molecule has 2 aromatic carbocycles. The van der Waals surface area contributed by atoms with Gasteiger partial charge in [-0.25, -0.2) is 4.39 Å². The maximum absolute atomic E-state index is 13.3. The Bertz CT molecular complexity index is 875. The zero-order valence-corrected chi connectivity index (χ0v) is 17.7. The standard InChI is InChI=1S/C23H29FN4O2/c1-16-14-28(15-17(2)30-16)22(29)20-9-7-18(8-10-20)12-26-23(25-3)27-13-19-5-4-6-21(24)11-19/h4-11,16-17H,12-15H2,1-3H3,(H2,25,26,27). The molecule has 0 aliphatic carbocycles. The molecular weight excluding hydrogens is 383 g/mol. The molecule has 6 nitrogen and oxygen atoms in total. The predicted octanol–water partition coefficient (Wildman–Crippen LogP) is 2.94. The van der Waals surface area contributed by atoms with E-state index in [0.29, 0.717) is 37.7 Å². The smallest absolute Gasteiger partial charge is 0.254 e. The third-order valence-electron chi connectivity index (χ3n) is 4.94. The number of carbonyl (C=O) groups is 1. The Balaban J connectivity index is 1.51. The van der Waals surface area contributed by atoms with Crippen LogP contribution in [0.2, 0.25) is 0 Å². The summed E-state index contributed by atoms with van der Waals surface area (Å²) >= 11 is 0.